The number of likely N-dealkylation sites (N-methyl/N-ethyl adjacent to an activating group) is 1. The summed E-state index contributed by atoms with van der Waals surface area (Å²) in [5.41, 5.74) is 1.22. The zero-order valence-corrected chi connectivity index (χ0v) is 12.6. The van der Waals surface area contributed by atoms with Crippen LogP contribution >= 0.6 is 0 Å². The van der Waals surface area contributed by atoms with Crippen molar-refractivity contribution >= 4 is 5.97 Å². The van der Waals surface area contributed by atoms with Gasteiger partial charge >= 0.3 is 5.97 Å². The number of ether oxygens (including phenoxy) is 1. The molecular weight excluding hydrogens is 242 g/mol. The molecule has 1 rings (SSSR count). The number of aryl methyl sites for hydroxylation is 1. The summed E-state index contributed by atoms with van der Waals surface area (Å²) in [6, 6.07) is 0. The number of esters is 1. The molecule has 0 fully saturated rings. The van der Waals surface area contributed by atoms with Crippen LogP contribution in [0.4, 0.5) is 0 Å². The number of imidazole rings is 1. The predicted molar refractivity (Wildman–Crippen MR) is 74.6 cm³/mol. The quantitative estimate of drug-likeness (QED) is 0.528. The third-order valence-electron chi connectivity index (χ3n) is 3.28. The molecule has 0 aromatic carbocycles. The van der Waals surface area contributed by atoms with Gasteiger partial charge in [-0.3, -0.25) is 4.79 Å². The molecule has 0 spiro atoms. The first kappa shape index (κ1) is 15.7. The third kappa shape index (κ3) is 5.87. The second kappa shape index (κ2) is 7.28. The first-order valence-corrected chi connectivity index (χ1v) is 6.87. The Labute approximate surface area is 115 Å². The van der Waals surface area contributed by atoms with Gasteiger partial charge < -0.3 is 13.8 Å². The largest absolute Gasteiger partial charge is 0.466 e. The molecule has 0 amide bonds. The Morgan fingerprint density at radius 1 is 1.42 bits per heavy atom. The van der Waals surface area contributed by atoms with Crippen molar-refractivity contribution in [2.24, 2.45) is 7.05 Å². The molecule has 0 aliphatic heterocycles. The molecule has 0 aliphatic rings. The molecule has 5 nitrogen and oxygen atoms in total. The van der Waals surface area contributed by atoms with Gasteiger partial charge in [0.1, 0.15) is 0 Å². The van der Waals surface area contributed by atoms with Crippen molar-refractivity contribution in [2.75, 3.05) is 33.8 Å². The van der Waals surface area contributed by atoms with E-state index in [-0.39, 0.29) is 5.97 Å². The maximum Gasteiger partial charge on any atom is 0.311 e. The SMILES string of the molecule is CCCOC(=O)CC[N+](C)(C)CCc1cncn1C. The maximum absolute atomic E-state index is 11.5. The summed E-state index contributed by atoms with van der Waals surface area (Å²) >= 11 is 0. The normalized spacial score (nSPS) is 11.6. The Kier molecular flexibility index (Phi) is 6.02. The average molecular weight is 268 g/mol. The van der Waals surface area contributed by atoms with Gasteiger partial charge in [0.2, 0.25) is 0 Å². The van der Waals surface area contributed by atoms with Gasteiger partial charge in [-0.1, -0.05) is 6.92 Å². The summed E-state index contributed by atoms with van der Waals surface area (Å²) in [7, 11) is 6.29. The fourth-order valence-electron chi connectivity index (χ4n) is 1.84. The van der Waals surface area contributed by atoms with Crippen molar-refractivity contribution in [3.8, 4) is 0 Å². The smallest absolute Gasteiger partial charge is 0.311 e. The van der Waals surface area contributed by atoms with E-state index in [1.807, 2.05) is 31.1 Å². The Hall–Kier alpha value is -1.36. The van der Waals surface area contributed by atoms with Gasteiger partial charge in [0.25, 0.3) is 0 Å². The van der Waals surface area contributed by atoms with Crippen molar-refractivity contribution in [3.05, 3.63) is 18.2 Å². The highest BCUT2D eigenvalue weighted by molar-refractivity contribution is 5.69. The van der Waals surface area contributed by atoms with E-state index in [0.29, 0.717) is 13.0 Å². The van der Waals surface area contributed by atoms with E-state index in [4.69, 9.17) is 4.74 Å². The molecular formula is C14H26N3O2+. The fourth-order valence-corrected chi connectivity index (χ4v) is 1.84. The number of quaternary nitrogens is 1. The highest BCUT2D eigenvalue weighted by Crippen LogP contribution is 2.05. The van der Waals surface area contributed by atoms with Crippen molar-refractivity contribution in [1.82, 2.24) is 9.55 Å². The summed E-state index contributed by atoms with van der Waals surface area (Å²) in [6.07, 6.45) is 6.04. The molecule has 0 N–H and O–H groups in total. The van der Waals surface area contributed by atoms with Crippen LogP contribution < -0.4 is 0 Å². The van der Waals surface area contributed by atoms with E-state index in [1.165, 1.54) is 5.69 Å². The molecule has 1 heterocycles. The molecule has 1 aromatic rings. The van der Waals surface area contributed by atoms with Crippen LogP contribution in [0.1, 0.15) is 25.5 Å². The number of nitrogens with zero attached hydrogens (tertiary/aromatic N) is 3. The van der Waals surface area contributed by atoms with Gasteiger partial charge in [-0.25, -0.2) is 4.98 Å². The fraction of sp³-hybridized carbons (Fsp3) is 0.714. The summed E-state index contributed by atoms with van der Waals surface area (Å²) in [5.74, 6) is -0.0893. The Morgan fingerprint density at radius 2 is 2.16 bits per heavy atom. The van der Waals surface area contributed by atoms with Gasteiger partial charge in [-0.15, -0.1) is 0 Å². The number of hydrogen-bond acceptors (Lipinski definition) is 3. The standard InChI is InChI=1S/C14H26N3O2/c1-5-10-19-14(18)7-9-17(3,4)8-6-13-11-15-12-16(13)2/h11-12H,5-10H2,1-4H3/q+1. The lowest BCUT2D eigenvalue weighted by molar-refractivity contribution is -0.889. The van der Waals surface area contributed by atoms with Crippen LogP contribution in [0.3, 0.4) is 0 Å². The Bertz CT molecular complexity index is 399. The van der Waals surface area contributed by atoms with E-state index in [2.05, 4.69) is 19.1 Å². The van der Waals surface area contributed by atoms with E-state index < -0.39 is 0 Å². The second-order valence-electron chi connectivity index (χ2n) is 5.60. The Morgan fingerprint density at radius 3 is 2.74 bits per heavy atom. The van der Waals surface area contributed by atoms with Crippen LogP contribution in [0.5, 0.6) is 0 Å². The molecule has 0 unspecified atom stereocenters. The van der Waals surface area contributed by atoms with Crippen LogP contribution in [-0.4, -0.2) is 53.8 Å². The van der Waals surface area contributed by atoms with Crippen molar-refractivity contribution < 1.29 is 14.0 Å². The minimum absolute atomic E-state index is 0.0893. The first-order chi connectivity index (χ1) is 8.94. The Balaban J connectivity index is 2.31. The van der Waals surface area contributed by atoms with E-state index in [1.54, 1.807) is 0 Å². The number of carbonyl (C=O) groups excluding carboxylic acids is 1. The molecule has 5 heteroatoms. The van der Waals surface area contributed by atoms with Gasteiger partial charge in [0.15, 0.2) is 0 Å². The van der Waals surface area contributed by atoms with E-state index in [0.717, 1.165) is 30.4 Å². The summed E-state index contributed by atoms with van der Waals surface area (Å²) < 4.78 is 7.94. The third-order valence-corrected chi connectivity index (χ3v) is 3.28. The molecule has 0 saturated carbocycles. The predicted octanol–water partition coefficient (Wildman–Crippen LogP) is 1.38. The first-order valence-electron chi connectivity index (χ1n) is 6.87. The average Bonchev–Trinajstić information content (AvgIpc) is 2.77. The molecule has 0 saturated heterocycles. The van der Waals surface area contributed by atoms with Gasteiger partial charge in [0.05, 0.1) is 46.5 Å². The lowest BCUT2D eigenvalue weighted by atomic mass is 10.2. The molecule has 0 bridgehead atoms. The van der Waals surface area contributed by atoms with Gasteiger partial charge in [0, 0.05) is 25.4 Å². The highest BCUT2D eigenvalue weighted by atomic mass is 16.5. The van der Waals surface area contributed by atoms with E-state index in [9.17, 15) is 4.79 Å². The number of aromatic nitrogens is 2. The maximum atomic E-state index is 11.5. The van der Waals surface area contributed by atoms with Gasteiger partial charge in [-0.05, 0) is 6.42 Å². The highest BCUT2D eigenvalue weighted by Gasteiger charge is 2.18. The van der Waals surface area contributed by atoms with E-state index >= 15 is 0 Å². The number of hydrogen-bond donors (Lipinski definition) is 0. The molecule has 0 radical (unpaired) electrons. The van der Waals surface area contributed by atoms with Crippen molar-refractivity contribution in [2.45, 2.75) is 26.2 Å². The summed E-state index contributed by atoms with van der Waals surface area (Å²) in [5, 5.41) is 0. The van der Waals surface area contributed by atoms with Crippen LogP contribution in [0.2, 0.25) is 0 Å². The number of rotatable bonds is 8. The van der Waals surface area contributed by atoms with Crippen LogP contribution in [0, 0.1) is 0 Å². The minimum atomic E-state index is -0.0893. The molecule has 0 aliphatic carbocycles. The monoisotopic (exact) mass is 268 g/mol. The molecule has 19 heavy (non-hydrogen) atoms. The summed E-state index contributed by atoms with van der Waals surface area (Å²) in [4.78, 5) is 15.6. The lowest BCUT2D eigenvalue weighted by Crippen LogP contribution is -2.43. The van der Waals surface area contributed by atoms with Gasteiger partial charge in [-0.2, -0.15) is 0 Å². The minimum Gasteiger partial charge on any atom is -0.466 e. The van der Waals surface area contributed by atoms with Crippen molar-refractivity contribution in [1.29, 1.82) is 0 Å². The van der Waals surface area contributed by atoms with Crippen molar-refractivity contribution in [3.63, 3.8) is 0 Å². The lowest BCUT2D eigenvalue weighted by Gasteiger charge is -2.29. The zero-order chi connectivity index (χ0) is 14.3. The van der Waals surface area contributed by atoms with Crippen LogP contribution in [0.25, 0.3) is 0 Å². The topological polar surface area (TPSA) is 44.1 Å². The number of carbonyl (C=O) groups is 1. The van der Waals surface area contributed by atoms with Crippen LogP contribution in [-0.2, 0) is 23.0 Å². The summed E-state index contributed by atoms with van der Waals surface area (Å²) in [6.45, 7) is 4.32. The molecule has 108 valence electrons. The molecule has 1 aromatic heterocycles. The zero-order valence-electron chi connectivity index (χ0n) is 12.6. The molecule has 0 atom stereocenters. The second-order valence-corrected chi connectivity index (χ2v) is 5.60. The van der Waals surface area contributed by atoms with Crippen LogP contribution in [0.15, 0.2) is 12.5 Å².